The average Bonchev–Trinajstić information content (AvgIpc) is 3.03. The van der Waals surface area contributed by atoms with Crippen molar-refractivity contribution in [2.24, 2.45) is 5.92 Å². The minimum absolute atomic E-state index is 0.0162. The molecule has 0 amide bonds. The van der Waals surface area contributed by atoms with Crippen LogP contribution in [0.4, 0.5) is 0 Å². The maximum Gasteiger partial charge on any atom is 0.320 e. The highest BCUT2D eigenvalue weighted by Gasteiger charge is 2.27. The van der Waals surface area contributed by atoms with Gasteiger partial charge in [0.15, 0.2) is 0 Å². The van der Waals surface area contributed by atoms with Crippen LogP contribution in [0.2, 0.25) is 0 Å². The molecule has 0 bridgehead atoms. The number of nitrogens with one attached hydrogen (secondary N) is 1. The molecule has 2 heterocycles. The highest BCUT2D eigenvalue weighted by molar-refractivity contribution is 7.10. The molecule has 0 fully saturated rings. The fourth-order valence-electron chi connectivity index (χ4n) is 2.39. The average molecular weight is 363 g/mol. The van der Waals surface area contributed by atoms with Crippen molar-refractivity contribution in [3.63, 3.8) is 0 Å². The second kappa shape index (κ2) is 8.68. The zero-order valence-corrected chi connectivity index (χ0v) is 14.9. The van der Waals surface area contributed by atoms with Crippen LogP contribution in [0.5, 0.6) is 0 Å². The summed E-state index contributed by atoms with van der Waals surface area (Å²) in [7, 11) is 0. The Morgan fingerprint density at radius 3 is 2.44 bits per heavy atom. The van der Waals surface area contributed by atoms with Crippen molar-refractivity contribution in [3.8, 4) is 11.3 Å². The van der Waals surface area contributed by atoms with E-state index in [4.69, 9.17) is 0 Å². The van der Waals surface area contributed by atoms with Gasteiger partial charge in [0.05, 0.1) is 5.69 Å². The molecule has 0 saturated carbocycles. The SMILES string of the molecule is CC(C)CC(NCC(C(=O)O)c1nc(-c2ccncc2)cs1)C(=O)O. The Labute approximate surface area is 149 Å². The molecular formula is C17H21N3O4S. The van der Waals surface area contributed by atoms with Gasteiger partial charge in [-0.1, -0.05) is 13.8 Å². The van der Waals surface area contributed by atoms with Crippen molar-refractivity contribution in [3.05, 3.63) is 34.9 Å². The van der Waals surface area contributed by atoms with Gasteiger partial charge in [-0.15, -0.1) is 11.3 Å². The lowest BCUT2D eigenvalue weighted by Crippen LogP contribution is -2.41. The summed E-state index contributed by atoms with van der Waals surface area (Å²) in [6.07, 6.45) is 3.73. The number of carboxylic acid groups (broad SMARTS) is 2. The summed E-state index contributed by atoms with van der Waals surface area (Å²) in [6.45, 7) is 3.87. The molecular weight excluding hydrogens is 342 g/mol. The molecule has 25 heavy (non-hydrogen) atoms. The Morgan fingerprint density at radius 2 is 1.88 bits per heavy atom. The first-order chi connectivity index (χ1) is 11.9. The van der Waals surface area contributed by atoms with Crippen molar-refractivity contribution in [1.82, 2.24) is 15.3 Å². The van der Waals surface area contributed by atoms with E-state index >= 15 is 0 Å². The second-order valence-electron chi connectivity index (χ2n) is 6.13. The molecule has 0 aliphatic rings. The lowest BCUT2D eigenvalue weighted by atomic mass is 10.0. The Balaban J connectivity index is 2.12. The zero-order valence-electron chi connectivity index (χ0n) is 14.0. The standard InChI is InChI=1S/C17H21N3O4S/c1-10(2)7-13(17(23)24)19-8-12(16(21)22)15-20-14(9-25-15)11-3-5-18-6-4-11/h3-6,9-10,12-13,19H,7-8H2,1-2H3,(H,21,22)(H,23,24). The van der Waals surface area contributed by atoms with E-state index < -0.39 is 23.9 Å². The van der Waals surface area contributed by atoms with E-state index in [2.05, 4.69) is 15.3 Å². The van der Waals surface area contributed by atoms with Gasteiger partial charge in [0.1, 0.15) is 17.0 Å². The van der Waals surface area contributed by atoms with Crippen LogP contribution in [0.3, 0.4) is 0 Å². The Hall–Kier alpha value is -2.32. The van der Waals surface area contributed by atoms with E-state index in [-0.39, 0.29) is 12.5 Å². The number of thiazole rings is 1. The molecule has 0 aliphatic heterocycles. The van der Waals surface area contributed by atoms with Gasteiger partial charge in [0.25, 0.3) is 0 Å². The van der Waals surface area contributed by atoms with Crippen LogP contribution in [0.15, 0.2) is 29.9 Å². The summed E-state index contributed by atoms with van der Waals surface area (Å²) in [5.74, 6) is -2.71. The van der Waals surface area contributed by atoms with E-state index in [0.717, 1.165) is 5.56 Å². The lowest BCUT2D eigenvalue weighted by Gasteiger charge is -2.18. The zero-order chi connectivity index (χ0) is 18.4. The molecule has 2 atom stereocenters. The number of rotatable bonds is 9. The molecule has 2 rings (SSSR count). The van der Waals surface area contributed by atoms with Crippen molar-refractivity contribution >= 4 is 23.3 Å². The number of carbonyl (C=O) groups is 2. The Kier molecular flexibility index (Phi) is 6.60. The fourth-order valence-corrected chi connectivity index (χ4v) is 3.31. The van der Waals surface area contributed by atoms with E-state index in [1.165, 1.54) is 11.3 Å². The molecule has 0 spiro atoms. The molecule has 0 radical (unpaired) electrons. The van der Waals surface area contributed by atoms with Gasteiger partial charge in [-0.25, -0.2) is 4.98 Å². The first-order valence-corrected chi connectivity index (χ1v) is 8.81. The van der Waals surface area contributed by atoms with Crippen LogP contribution in [0.25, 0.3) is 11.3 Å². The van der Waals surface area contributed by atoms with Crippen LogP contribution in [-0.4, -0.2) is 44.7 Å². The summed E-state index contributed by atoms with van der Waals surface area (Å²) in [5, 5.41) is 23.9. The van der Waals surface area contributed by atoms with Crippen molar-refractivity contribution in [2.75, 3.05) is 6.54 Å². The van der Waals surface area contributed by atoms with E-state index in [0.29, 0.717) is 17.1 Å². The van der Waals surface area contributed by atoms with E-state index in [9.17, 15) is 19.8 Å². The van der Waals surface area contributed by atoms with Crippen molar-refractivity contribution < 1.29 is 19.8 Å². The largest absolute Gasteiger partial charge is 0.481 e. The molecule has 0 saturated heterocycles. The predicted molar refractivity (Wildman–Crippen MR) is 94.6 cm³/mol. The van der Waals surface area contributed by atoms with Crippen molar-refractivity contribution in [2.45, 2.75) is 32.2 Å². The third kappa shape index (κ3) is 5.33. The third-order valence-electron chi connectivity index (χ3n) is 3.67. The Bertz CT molecular complexity index is 718. The molecule has 2 aromatic heterocycles. The monoisotopic (exact) mass is 363 g/mol. The van der Waals surface area contributed by atoms with Crippen LogP contribution < -0.4 is 5.32 Å². The summed E-state index contributed by atoms with van der Waals surface area (Å²) in [6, 6.07) is 2.83. The maximum absolute atomic E-state index is 11.6. The fraction of sp³-hybridized carbons (Fsp3) is 0.412. The lowest BCUT2D eigenvalue weighted by molar-refractivity contribution is -0.142. The van der Waals surface area contributed by atoms with Crippen molar-refractivity contribution in [1.29, 1.82) is 0 Å². The predicted octanol–water partition coefficient (Wildman–Crippen LogP) is 2.46. The van der Waals surface area contributed by atoms with Gasteiger partial charge in [0.2, 0.25) is 0 Å². The number of aromatic nitrogens is 2. The van der Waals surface area contributed by atoms with Gasteiger partial charge in [-0.2, -0.15) is 0 Å². The molecule has 0 aliphatic carbocycles. The summed E-state index contributed by atoms with van der Waals surface area (Å²) in [4.78, 5) is 31.3. The van der Waals surface area contributed by atoms with Gasteiger partial charge in [-0.05, 0) is 24.5 Å². The summed E-state index contributed by atoms with van der Waals surface area (Å²) < 4.78 is 0. The van der Waals surface area contributed by atoms with Crippen LogP contribution in [-0.2, 0) is 9.59 Å². The first kappa shape index (κ1) is 19.0. The highest BCUT2D eigenvalue weighted by atomic mass is 32.1. The number of hydrogen-bond donors (Lipinski definition) is 3. The number of nitrogens with zero attached hydrogens (tertiary/aromatic N) is 2. The summed E-state index contributed by atoms with van der Waals surface area (Å²) in [5.41, 5.74) is 1.54. The van der Waals surface area contributed by atoms with E-state index in [1.54, 1.807) is 29.9 Å². The summed E-state index contributed by atoms with van der Waals surface area (Å²) >= 11 is 1.25. The molecule has 3 N–H and O–H groups in total. The molecule has 7 nitrogen and oxygen atoms in total. The third-order valence-corrected chi connectivity index (χ3v) is 4.63. The van der Waals surface area contributed by atoms with Crippen LogP contribution in [0, 0.1) is 5.92 Å². The smallest absolute Gasteiger partial charge is 0.320 e. The molecule has 134 valence electrons. The minimum Gasteiger partial charge on any atom is -0.481 e. The highest BCUT2D eigenvalue weighted by Crippen LogP contribution is 2.26. The van der Waals surface area contributed by atoms with Crippen LogP contribution in [0.1, 0.15) is 31.2 Å². The van der Waals surface area contributed by atoms with Gasteiger partial charge < -0.3 is 15.5 Å². The van der Waals surface area contributed by atoms with Gasteiger partial charge in [0, 0.05) is 29.9 Å². The molecule has 8 heteroatoms. The van der Waals surface area contributed by atoms with Gasteiger partial charge >= 0.3 is 11.9 Å². The normalized spacial score (nSPS) is 13.6. The number of pyridine rings is 1. The number of carboxylic acids is 2. The Morgan fingerprint density at radius 1 is 1.20 bits per heavy atom. The van der Waals surface area contributed by atoms with Crippen LogP contribution >= 0.6 is 11.3 Å². The topological polar surface area (TPSA) is 112 Å². The first-order valence-electron chi connectivity index (χ1n) is 7.93. The second-order valence-corrected chi connectivity index (χ2v) is 7.02. The number of hydrogen-bond acceptors (Lipinski definition) is 6. The van der Waals surface area contributed by atoms with Gasteiger partial charge in [-0.3, -0.25) is 14.6 Å². The quantitative estimate of drug-likeness (QED) is 0.627. The molecule has 0 aromatic carbocycles. The molecule has 2 unspecified atom stereocenters. The minimum atomic E-state index is -1.03. The maximum atomic E-state index is 11.6. The molecule has 2 aromatic rings. The van der Waals surface area contributed by atoms with E-state index in [1.807, 2.05) is 13.8 Å². The number of aliphatic carboxylic acids is 2.